The summed E-state index contributed by atoms with van der Waals surface area (Å²) in [4.78, 5) is 30.3. The number of hydrogen-bond acceptors (Lipinski definition) is 7. The Hall–Kier alpha value is -3.08. The number of aromatic nitrogens is 1. The van der Waals surface area contributed by atoms with E-state index in [-0.39, 0.29) is 17.1 Å². The van der Waals surface area contributed by atoms with Crippen LogP contribution in [-0.2, 0) is 4.79 Å². The number of thioether (sulfide) groups is 1. The van der Waals surface area contributed by atoms with Gasteiger partial charge in [-0.05, 0) is 67.1 Å². The van der Waals surface area contributed by atoms with Crippen LogP contribution in [0.4, 0.5) is 11.4 Å². The highest BCUT2D eigenvalue weighted by atomic mass is 79.9. The number of nitrogens with zero attached hydrogens (tertiary/aromatic N) is 1. The smallest absolute Gasteiger partial charge is 0.255 e. The number of amides is 2. The fourth-order valence-electron chi connectivity index (χ4n) is 3.41. The van der Waals surface area contributed by atoms with Crippen LogP contribution < -0.4 is 20.1 Å². The van der Waals surface area contributed by atoms with Gasteiger partial charge in [0, 0.05) is 21.4 Å². The molecule has 0 spiro atoms. The van der Waals surface area contributed by atoms with E-state index in [1.807, 2.05) is 49.4 Å². The average molecular weight is 587 g/mol. The van der Waals surface area contributed by atoms with Crippen molar-refractivity contribution in [2.45, 2.75) is 22.9 Å². The maximum Gasteiger partial charge on any atom is 0.255 e. The van der Waals surface area contributed by atoms with Crippen molar-refractivity contribution in [1.29, 1.82) is 0 Å². The van der Waals surface area contributed by atoms with Gasteiger partial charge in [-0.3, -0.25) is 9.59 Å². The summed E-state index contributed by atoms with van der Waals surface area (Å²) in [5.41, 5.74) is 2.68. The predicted octanol–water partition coefficient (Wildman–Crippen LogP) is 6.84. The van der Waals surface area contributed by atoms with E-state index in [2.05, 4.69) is 31.5 Å². The molecule has 4 aromatic rings. The molecule has 0 radical (unpaired) electrons. The minimum atomic E-state index is -0.279. The molecule has 0 aliphatic heterocycles. The lowest BCUT2D eigenvalue weighted by Crippen LogP contribution is -2.24. The van der Waals surface area contributed by atoms with E-state index in [1.165, 1.54) is 30.2 Å². The number of fused-ring (bicyclic) bond motifs is 1. The first-order valence-corrected chi connectivity index (χ1v) is 13.6. The van der Waals surface area contributed by atoms with Crippen LogP contribution in [0.25, 0.3) is 10.2 Å². The number of benzene rings is 3. The SMILES string of the molecule is CC[C@@H](Sc1nc2ccc(NC(=O)c3ccc(OC)c(OC)c3)cc2s1)C(=O)Nc1ccc(Br)cc1. The molecule has 0 saturated heterocycles. The van der Waals surface area contributed by atoms with Crippen LogP contribution in [0, 0.1) is 0 Å². The van der Waals surface area contributed by atoms with E-state index in [0.717, 1.165) is 24.7 Å². The molecular weight excluding hydrogens is 562 g/mol. The number of thiazole rings is 1. The lowest BCUT2D eigenvalue weighted by atomic mass is 10.2. The Balaban J connectivity index is 1.45. The summed E-state index contributed by atoms with van der Waals surface area (Å²) in [6.07, 6.45) is 0.662. The molecule has 3 aromatic carbocycles. The van der Waals surface area contributed by atoms with Crippen LogP contribution >= 0.6 is 39.0 Å². The first-order chi connectivity index (χ1) is 17.4. The number of anilines is 2. The largest absolute Gasteiger partial charge is 0.493 e. The lowest BCUT2D eigenvalue weighted by molar-refractivity contribution is -0.115. The Kier molecular flexibility index (Phi) is 8.50. The number of methoxy groups -OCH3 is 2. The Labute approximate surface area is 225 Å². The van der Waals surface area contributed by atoms with Gasteiger partial charge < -0.3 is 20.1 Å². The van der Waals surface area contributed by atoms with Gasteiger partial charge in [0.25, 0.3) is 5.91 Å². The molecule has 36 heavy (non-hydrogen) atoms. The van der Waals surface area contributed by atoms with E-state index in [1.54, 1.807) is 25.3 Å². The molecule has 2 amide bonds. The van der Waals surface area contributed by atoms with Gasteiger partial charge in [0.1, 0.15) is 0 Å². The third kappa shape index (κ3) is 6.18. The second-order valence-electron chi connectivity index (χ2n) is 7.70. The molecule has 1 atom stereocenters. The molecular formula is C26H24BrN3O4S2. The van der Waals surface area contributed by atoms with Crippen molar-refractivity contribution in [2.75, 3.05) is 24.9 Å². The summed E-state index contributed by atoms with van der Waals surface area (Å²) in [5, 5.41) is 5.61. The standard InChI is InChI=1S/C26H24BrN3O4S2/c1-4-22(25(32)28-17-8-6-16(27)7-9-17)35-26-30-19-11-10-18(14-23(19)36-26)29-24(31)15-5-12-20(33-2)21(13-15)34-3/h5-14,22H,4H2,1-3H3,(H,28,32)(H,29,31)/t22-/m1/s1. The molecule has 0 unspecified atom stereocenters. The summed E-state index contributed by atoms with van der Waals surface area (Å²) in [6, 6.07) is 18.1. The number of carbonyl (C=O) groups excluding carboxylic acids is 2. The van der Waals surface area contributed by atoms with Crippen molar-refractivity contribution in [1.82, 2.24) is 4.98 Å². The van der Waals surface area contributed by atoms with Crippen LogP contribution in [0.5, 0.6) is 11.5 Å². The van der Waals surface area contributed by atoms with Gasteiger partial charge in [0.15, 0.2) is 15.8 Å². The van der Waals surface area contributed by atoms with Crippen molar-refractivity contribution in [2.24, 2.45) is 0 Å². The van der Waals surface area contributed by atoms with Gasteiger partial charge in [0.05, 0.1) is 29.7 Å². The zero-order valence-corrected chi connectivity index (χ0v) is 23.1. The highest BCUT2D eigenvalue weighted by Gasteiger charge is 2.20. The van der Waals surface area contributed by atoms with E-state index < -0.39 is 0 Å². The number of hydrogen-bond donors (Lipinski definition) is 2. The van der Waals surface area contributed by atoms with Crippen molar-refractivity contribution in [3.05, 3.63) is 70.7 Å². The van der Waals surface area contributed by atoms with Crippen molar-refractivity contribution in [3.63, 3.8) is 0 Å². The van der Waals surface area contributed by atoms with Crippen molar-refractivity contribution >= 4 is 72.4 Å². The average Bonchev–Trinajstić information content (AvgIpc) is 3.29. The summed E-state index contributed by atoms with van der Waals surface area (Å²) < 4.78 is 13.2. The molecule has 0 fully saturated rings. The summed E-state index contributed by atoms with van der Waals surface area (Å²) in [6.45, 7) is 1.98. The van der Waals surface area contributed by atoms with E-state index >= 15 is 0 Å². The molecule has 10 heteroatoms. The third-order valence-electron chi connectivity index (χ3n) is 5.29. The highest BCUT2D eigenvalue weighted by molar-refractivity contribution is 9.10. The molecule has 0 saturated carbocycles. The minimum absolute atomic E-state index is 0.0630. The second-order valence-corrected chi connectivity index (χ2v) is 11.1. The summed E-state index contributed by atoms with van der Waals surface area (Å²) in [5.74, 6) is 0.720. The number of nitrogens with one attached hydrogen (secondary N) is 2. The monoisotopic (exact) mass is 585 g/mol. The quantitative estimate of drug-likeness (QED) is 0.209. The van der Waals surface area contributed by atoms with Gasteiger partial charge in [-0.25, -0.2) is 4.98 Å². The molecule has 7 nitrogen and oxygen atoms in total. The third-order valence-corrected chi connectivity index (χ3v) is 8.30. The lowest BCUT2D eigenvalue weighted by Gasteiger charge is -2.13. The fraction of sp³-hybridized carbons (Fsp3) is 0.192. The van der Waals surface area contributed by atoms with Crippen LogP contribution in [0.15, 0.2) is 69.5 Å². The van der Waals surface area contributed by atoms with Gasteiger partial charge in [-0.2, -0.15) is 0 Å². The van der Waals surface area contributed by atoms with Crippen LogP contribution in [0.2, 0.25) is 0 Å². The van der Waals surface area contributed by atoms with E-state index in [0.29, 0.717) is 29.2 Å². The fourth-order valence-corrected chi connectivity index (χ4v) is 5.95. The van der Waals surface area contributed by atoms with Gasteiger partial charge in [-0.15, -0.1) is 11.3 Å². The topological polar surface area (TPSA) is 89.6 Å². The molecule has 1 aromatic heterocycles. The highest BCUT2D eigenvalue weighted by Crippen LogP contribution is 2.35. The van der Waals surface area contributed by atoms with Gasteiger partial charge in [0.2, 0.25) is 5.91 Å². The van der Waals surface area contributed by atoms with Crippen LogP contribution in [0.1, 0.15) is 23.7 Å². The number of carbonyl (C=O) groups is 2. The number of ether oxygens (including phenoxy) is 2. The molecule has 4 rings (SSSR count). The first kappa shape index (κ1) is 26.0. The number of rotatable bonds is 9. The number of halogens is 1. The molecule has 0 bridgehead atoms. The Morgan fingerprint density at radius 1 is 0.972 bits per heavy atom. The maximum absolute atomic E-state index is 12.8. The zero-order chi connectivity index (χ0) is 25.7. The van der Waals surface area contributed by atoms with Crippen LogP contribution in [-0.4, -0.2) is 36.3 Å². The Bertz CT molecular complexity index is 1390. The van der Waals surface area contributed by atoms with E-state index in [4.69, 9.17) is 9.47 Å². The molecule has 1 heterocycles. The first-order valence-electron chi connectivity index (χ1n) is 11.1. The van der Waals surface area contributed by atoms with E-state index in [9.17, 15) is 9.59 Å². The van der Waals surface area contributed by atoms with Gasteiger partial charge >= 0.3 is 0 Å². The molecule has 0 aliphatic carbocycles. The Morgan fingerprint density at radius 3 is 2.39 bits per heavy atom. The summed E-state index contributed by atoms with van der Waals surface area (Å²) >= 11 is 6.33. The normalized spacial score (nSPS) is 11.7. The van der Waals surface area contributed by atoms with Crippen molar-refractivity contribution in [3.8, 4) is 11.5 Å². The minimum Gasteiger partial charge on any atom is -0.493 e. The molecule has 186 valence electrons. The summed E-state index contributed by atoms with van der Waals surface area (Å²) in [7, 11) is 3.08. The predicted molar refractivity (Wildman–Crippen MR) is 150 cm³/mol. The van der Waals surface area contributed by atoms with Crippen molar-refractivity contribution < 1.29 is 19.1 Å². The van der Waals surface area contributed by atoms with Crippen LogP contribution in [0.3, 0.4) is 0 Å². The maximum atomic E-state index is 12.8. The second kappa shape index (κ2) is 11.8. The van der Waals surface area contributed by atoms with Gasteiger partial charge in [-0.1, -0.05) is 34.6 Å². The molecule has 0 aliphatic rings. The molecule has 2 N–H and O–H groups in total. The zero-order valence-electron chi connectivity index (χ0n) is 19.8. The Morgan fingerprint density at radius 2 is 1.69 bits per heavy atom.